The second-order valence-electron chi connectivity index (χ2n) is 0.877. The van der Waals surface area contributed by atoms with Crippen molar-refractivity contribution in [2.45, 2.75) is 6.42 Å². The largest absolute Gasteiger partial charge is 0.501 e. The van der Waals surface area contributed by atoms with Crippen LogP contribution < -0.4 is 0 Å². The minimum atomic E-state index is 0.0417. The lowest BCUT2D eigenvalue weighted by Crippen LogP contribution is -1.70. The van der Waals surface area contributed by atoms with Crippen LogP contribution in [-0.2, 0) is 4.74 Å². The molecule has 0 aromatic carbocycles. The van der Waals surface area contributed by atoms with E-state index in [1.54, 1.807) is 0 Å². The van der Waals surface area contributed by atoms with Gasteiger partial charge in [-0.25, -0.2) is 0 Å². The van der Waals surface area contributed by atoms with Crippen LogP contribution in [-0.4, -0.2) is 6.61 Å². The summed E-state index contributed by atoms with van der Waals surface area (Å²) in [5, 5.41) is 0. The Kier molecular flexibility index (Phi) is 0.295. The van der Waals surface area contributed by atoms with Gasteiger partial charge in [-0.3, -0.25) is 0 Å². The zero-order valence-corrected chi connectivity index (χ0v) is 2.82. The van der Waals surface area contributed by atoms with Crippen LogP contribution >= 0.6 is 0 Å². The van der Waals surface area contributed by atoms with Crippen molar-refractivity contribution in [3.8, 4) is 0 Å². The fourth-order valence-electron chi connectivity index (χ4n) is 0.255. The van der Waals surface area contributed by atoms with E-state index in [1.165, 1.54) is 0 Å². The van der Waals surface area contributed by atoms with Crippen molar-refractivity contribution in [1.29, 1.82) is 0 Å². The van der Waals surface area contributed by atoms with Crippen LogP contribution in [0.5, 0.6) is 0 Å². The number of hydrogen-bond acceptors (Lipinski definition) is 1. The smallest absolute Gasteiger partial charge is 0.103 e. The zero-order valence-electron chi connectivity index (χ0n) is 4.82. The molecule has 1 aliphatic heterocycles. The highest BCUT2D eigenvalue weighted by Crippen LogP contribution is 1.93. The zero-order chi connectivity index (χ0) is 5.28. The molecule has 0 atom stereocenters. The average Bonchev–Trinajstić information content (AvgIpc) is 1.91. The molecule has 1 heterocycles. The molecule has 0 unspecified atom stereocenters. The maximum atomic E-state index is 6.91. The van der Waals surface area contributed by atoms with Gasteiger partial charge < -0.3 is 4.74 Å². The first kappa shape index (κ1) is 1.33. The fraction of sp³-hybridized carbons (Fsp3) is 0.500. The molecule has 0 spiro atoms. The minimum absolute atomic E-state index is 0.0417. The molecule has 0 fully saturated rings. The second kappa shape index (κ2) is 1.11. The Hall–Kier alpha value is -0.460. The van der Waals surface area contributed by atoms with E-state index in [4.69, 9.17) is 2.74 Å². The van der Waals surface area contributed by atoms with Crippen LogP contribution in [0, 0.1) is 0 Å². The Morgan fingerprint density at radius 1 is 2.00 bits per heavy atom. The molecule has 0 radical (unpaired) electrons. The normalized spacial score (nSPS) is 28.8. The van der Waals surface area contributed by atoms with E-state index in [0.717, 1.165) is 0 Å². The molecule has 0 aromatic heterocycles. The highest BCUT2D eigenvalue weighted by molar-refractivity contribution is 4.78. The summed E-state index contributed by atoms with van der Waals surface area (Å²) in [6, 6.07) is 0.319. The lowest BCUT2D eigenvalue weighted by Gasteiger charge is -1.79. The third kappa shape index (κ3) is 0.407. The summed E-state index contributed by atoms with van der Waals surface area (Å²) < 4.78 is 18.3. The van der Waals surface area contributed by atoms with E-state index in [1.807, 2.05) is 0 Å². The first-order valence-corrected chi connectivity index (χ1v) is 1.60. The van der Waals surface area contributed by atoms with Gasteiger partial charge in [0.15, 0.2) is 0 Å². The van der Waals surface area contributed by atoms with Crippen LogP contribution in [0.2, 0.25) is 0 Å². The number of hydrogen-bond donors (Lipinski definition) is 0. The van der Waals surface area contributed by atoms with Gasteiger partial charge in [0.25, 0.3) is 0 Å². The molecule has 0 saturated heterocycles. The Balaban J connectivity index is 2.64. The van der Waals surface area contributed by atoms with Crippen LogP contribution in [0.4, 0.5) is 0 Å². The van der Waals surface area contributed by atoms with E-state index in [2.05, 4.69) is 4.74 Å². The second-order valence-corrected chi connectivity index (χ2v) is 0.877. The van der Waals surface area contributed by atoms with Gasteiger partial charge in [0, 0.05) is 6.42 Å². The molecule has 5 heavy (non-hydrogen) atoms. The van der Waals surface area contributed by atoms with Crippen molar-refractivity contribution < 1.29 is 7.48 Å². The highest BCUT2D eigenvalue weighted by atomic mass is 16.5. The van der Waals surface area contributed by atoms with Crippen LogP contribution in [0.25, 0.3) is 0 Å². The molecule has 1 rings (SSSR count). The molecule has 0 N–H and O–H groups in total. The molecule has 1 aliphatic rings. The molecule has 0 bridgehead atoms. The third-order valence-corrected chi connectivity index (χ3v) is 0.473. The van der Waals surface area contributed by atoms with Crippen molar-refractivity contribution in [2.75, 3.05) is 6.61 Å². The maximum absolute atomic E-state index is 6.91. The standard InChI is InChI=1S/C4H6O/c1-2-4-5-3-1/h1,3H,2,4H2/i1D,3D. The van der Waals surface area contributed by atoms with Crippen LogP contribution in [0.3, 0.4) is 0 Å². The molecular formula is C4H6O. The highest BCUT2D eigenvalue weighted by Gasteiger charge is 1.83. The monoisotopic (exact) mass is 72.1 g/mol. The van der Waals surface area contributed by atoms with Crippen LogP contribution in [0.1, 0.15) is 9.16 Å². The lowest BCUT2D eigenvalue weighted by atomic mass is 10.5. The predicted octanol–water partition coefficient (Wildman–Crippen LogP) is 0.920. The summed E-state index contributed by atoms with van der Waals surface area (Å²) in [6.45, 7) is 0.525. The van der Waals surface area contributed by atoms with Crippen molar-refractivity contribution >= 4 is 0 Å². The summed E-state index contributed by atoms with van der Waals surface area (Å²) in [7, 11) is 0. The summed E-state index contributed by atoms with van der Waals surface area (Å²) in [4.78, 5) is 0. The third-order valence-electron chi connectivity index (χ3n) is 0.473. The molecule has 0 aromatic rings. The quantitative estimate of drug-likeness (QED) is 0.413. The van der Waals surface area contributed by atoms with Gasteiger partial charge in [-0.05, 0) is 6.05 Å². The predicted molar refractivity (Wildman–Crippen MR) is 19.7 cm³/mol. The molecule has 0 amide bonds. The summed E-state index contributed by atoms with van der Waals surface area (Å²) >= 11 is 0. The van der Waals surface area contributed by atoms with E-state index in [9.17, 15) is 0 Å². The van der Waals surface area contributed by atoms with Crippen molar-refractivity contribution in [3.05, 3.63) is 12.3 Å². The SMILES string of the molecule is [2H]C1=C([2H])OCC1. The molecule has 28 valence electrons. The van der Waals surface area contributed by atoms with E-state index < -0.39 is 0 Å². The van der Waals surface area contributed by atoms with Gasteiger partial charge in [0.05, 0.1) is 14.2 Å². The number of rotatable bonds is 0. The van der Waals surface area contributed by atoms with E-state index in [-0.39, 0.29) is 6.24 Å². The van der Waals surface area contributed by atoms with Gasteiger partial charge in [-0.2, -0.15) is 0 Å². The molecule has 0 aliphatic carbocycles. The average molecular weight is 72.1 g/mol. The maximum Gasteiger partial charge on any atom is 0.103 e. The van der Waals surface area contributed by atoms with Gasteiger partial charge >= 0.3 is 0 Å². The topological polar surface area (TPSA) is 9.23 Å². The fourth-order valence-corrected chi connectivity index (χ4v) is 0.255. The molecule has 1 nitrogen and oxygen atoms in total. The Morgan fingerprint density at radius 2 is 3.00 bits per heavy atom. The van der Waals surface area contributed by atoms with E-state index >= 15 is 0 Å². The Bertz CT molecular complexity index is 96.3. The first-order chi connectivity index (χ1) is 3.30. The summed E-state index contributed by atoms with van der Waals surface area (Å²) in [6.07, 6.45) is 0.652. The molecular weight excluding hydrogens is 64.0 g/mol. The van der Waals surface area contributed by atoms with Gasteiger partial charge in [-0.1, -0.05) is 0 Å². The Morgan fingerprint density at radius 3 is 3.20 bits per heavy atom. The minimum Gasteiger partial charge on any atom is -0.501 e. The van der Waals surface area contributed by atoms with Gasteiger partial charge in [-0.15, -0.1) is 0 Å². The van der Waals surface area contributed by atoms with Crippen LogP contribution in [0.15, 0.2) is 12.3 Å². The summed E-state index contributed by atoms with van der Waals surface area (Å²) in [5.74, 6) is 0. The van der Waals surface area contributed by atoms with Gasteiger partial charge in [0.1, 0.15) is 1.37 Å². The first-order valence-electron chi connectivity index (χ1n) is 2.60. The van der Waals surface area contributed by atoms with Crippen molar-refractivity contribution in [1.82, 2.24) is 0 Å². The van der Waals surface area contributed by atoms with Crippen molar-refractivity contribution in [2.24, 2.45) is 0 Å². The number of ether oxygens (including phenoxy) is 1. The summed E-state index contributed by atoms with van der Waals surface area (Å²) in [5.41, 5.74) is 0. The van der Waals surface area contributed by atoms with E-state index in [0.29, 0.717) is 19.1 Å². The molecule has 1 heteroatoms. The Labute approximate surface area is 34.1 Å². The van der Waals surface area contributed by atoms with Crippen molar-refractivity contribution in [3.63, 3.8) is 0 Å². The molecule has 0 saturated carbocycles. The lowest BCUT2D eigenvalue weighted by molar-refractivity contribution is 0.281. The van der Waals surface area contributed by atoms with Gasteiger partial charge in [0.2, 0.25) is 0 Å².